The molecule has 1 aromatic carbocycles. The summed E-state index contributed by atoms with van der Waals surface area (Å²) >= 11 is 0. The monoisotopic (exact) mass is 254 g/mol. The molecule has 2 rings (SSSR count). The molecule has 0 aromatic heterocycles. The topological polar surface area (TPSA) is 29.3 Å². The number of hydrogen-bond donors (Lipinski definition) is 1. The highest BCUT2D eigenvalue weighted by Gasteiger charge is 2.19. The van der Waals surface area contributed by atoms with Crippen molar-refractivity contribution >= 4 is 5.69 Å². The quantitative estimate of drug-likeness (QED) is 0.838. The number of nitrogens with zero attached hydrogens (tertiary/aromatic N) is 1. The van der Waals surface area contributed by atoms with Gasteiger partial charge in [-0.1, -0.05) is 19.3 Å². The number of anilines is 1. The van der Waals surface area contributed by atoms with Crippen LogP contribution < -0.4 is 5.73 Å². The van der Waals surface area contributed by atoms with Gasteiger partial charge in [-0.05, 0) is 31.5 Å². The van der Waals surface area contributed by atoms with Gasteiger partial charge in [0.1, 0.15) is 11.6 Å². The maximum absolute atomic E-state index is 13.3. The summed E-state index contributed by atoms with van der Waals surface area (Å²) in [6.07, 6.45) is 6.09. The van der Waals surface area contributed by atoms with E-state index in [1.54, 1.807) is 0 Å². The lowest BCUT2D eigenvalue weighted by atomic mass is 9.94. The average Bonchev–Trinajstić information content (AvgIpc) is 2.36. The van der Waals surface area contributed by atoms with Crippen LogP contribution in [0.5, 0.6) is 0 Å². The van der Waals surface area contributed by atoms with Gasteiger partial charge in [0, 0.05) is 18.7 Å². The van der Waals surface area contributed by atoms with E-state index in [1.807, 2.05) is 7.05 Å². The van der Waals surface area contributed by atoms with E-state index in [2.05, 4.69) is 4.90 Å². The molecule has 0 spiro atoms. The minimum absolute atomic E-state index is 0.0686. The van der Waals surface area contributed by atoms with Crippen molar-refractivity contribution in [1.82, 2.24) is 4.90 Å². The van der Waals surface area contributed by atoms with E-state index in [0.717, 1.165) is 18.9 Å². The van der Waals surface area contributed by atoms with Gasteiger partial charge in [0.05, 0.1) is 5.69 Å². The Kier molecular flexibility index (Phi) is 4.17. The molecule has 0 amide bonds. The van der Waals surface area contributed by atoms with Crippen LogP contribution in [-0.2, 0) is 6.54 Å². The lowest BCUT2D eigenvalue weighted by Crippen LogP contribution is -2.33. The van der Waals surface area contributed by atoms with Gasteiger partial charge >= 0.3 is 0 Å². The Morgan fingerprint density at radius 3 is 2.56 bits per heavy atom. The van der Waals surface area contributed by atoms with Crippen molar-refractivity contribution in [1.29, 1.82) is 0 Å². The average molecular weight is 254 g/mol. The van der Waals surface area contributed by atoms with Gasteiger partial charge in [-0.3, -0.25) is 4.90 Å². The lowest BCUT2D eigenvalue weighted by molar-refractivity contribution is 0.184. The largest absolute Gasteiger partial charge is 0.396 e. The van der Waals surface area contributed by atoms with Crippen LogP contribution in [0.4, 0.5) is 14.5 Å². The van der Waals surface area contributed by atoms with Crippen molar-refractivity contribution in [3.8, 4) is 0 Å². The maximum Gasteiger partial charge on any atom is 0.149 e. The number of nitrogens with two attached hydrogens (primary N) is 1. The van der Waals surface area contributed by atoms with Crippen LogP contribution in [0.3, 0.4) is 0 Å². The summed E-state index contributed by atoms with van der Waals surface area (Å²) in [7, 11) is 2.00. The highest BCUT2D eigenvalue weighted by atomic mass is 19.1. The fourth-order valence-corrected chi connectivity index (χ4v) is 2.69. The van der Waals surface area contributed by atoms with E-state index < -0.39 is 11.6 Å². The number of rotatable bonds is 3. The van der Waals surface area contributed by atoms with E-state index in [1.165, 1.54) is 25.3 Å². The van der Waals surface area contributed by atoms with Crippen LogP contribution in [0.1, 0.15) is 37.7 Å². The normalized spacial score (nSPS) is 17.3. The third kappa shape index (κ3) is 2.99. The molecule has 1 aromatic rings. The Morgan fingerprint density at radius 2 is 1.89 bits per heavy atom. The van der Waals surface area contributed by atoms with Crippen molar-refractivity contribution in [2.75, 3.05) is 12.8 Å². The molecule has 2 N–H and O–H groups in total. The number of hydrogen-bond acceptors (Lipinski definition) is 2. The highest BCUT2D eigenvalue weighted by molar-refractivity contribution is 5.48. The summed E-state index contributed by atoms with van der Waals surface area (Å²) in [5, 5.41) is 0. The Bertz CT molecular complexity index is 415. The second kappa shape index (κ2) is 5.65. The van der Waals surface area contributed by atoms with Crippen LogP contribution in [0.25, 0.3) is 0 Å². The predicted molar refractivity (Wildman–Crippen MR) is 69.1 cm³/mol. The van der Waals surface area contributed by atoms with E-state index in [9.17, 15) is 8.78 Å². The van der Waals surface area contributed by atoms with Crippen LogP contribution in [0.2, 0.25) is 0 Å². The SMILES string of the molecule is CN(Cc1cc(F)cc(F)c1N)C1CCCCC1. The molecule has 0 radical (unpaired) electrons. The van der Waals surface area contributed by atoms with Gasteiger partial charge in [0.25, 0.3) is 0 Å². The molecular formula is C14H20F2N2. The van der Waals surface area contributed by atoms with Crippen molar-refractivity contribution in [3.05, 3.63) is 29.3 Å². The summed E-state index contributed by atoms with van der Waals surface area (Å²) in [6.45, 7) is 0.505. The van der Waals surface area contributed by atoms with E-state index in [0.29, 0.717) is 18.2 Å². The summed E-state index contributed by atoms with van der Waals surface area (Å²) in [5.74, 6) is -1.23. The third-order valence-corrected chi connectivity index (χ3v) is 3.80. The van der Waals surface area contributed by atoms with E-state index in [4.69, 9.17) is 5.73 Å². The van der Waals surface area contributed by atoms with Gasteiger partial charge in [-0.2, -0.15) is 0 Å². The van der Waals surface area contributed by atoms with Gasteiger partial charge in [-0.15, -0.1) is 0 Å². The molecule has 1 fully saturated rings. The predicted octanol–water partition coefficient (Wildman–Crippen LogP) is 3.31. The van der Waals surface area contributed by atoms with Gasteiger partial charge in [-0.25, -0.2) is 8.78 Å². The molecule has 0 saturated heterocycles. The van der Waals surface area contributed by atoms with Crippen LogP contribution in [0, 0.1) is 11.6 Å². The minimum atomic E-state index is -0.665. The number of nitrogen functional groups attached to an aromatic ring is 1. The van der Waals surface area contributed by atoms with Gasteiger partial charge in [0.2, 0.25) is 0 Å². The first-order valence-corrected chi connectivity index (χ1v) is 6.51. The second-order valence-electron chi connectivity index (χ2n) is 5.17. The zero-order valence-electron chi connectivity index (χ0n) is 10.8. The summed E-state index contributed by atoms with van der Waals surface area (Å²) in [5.41, 5.74) is 6.27. The van der Waals surface area contributed by atoms with Crippen molar-refractivity contribution in [2.45, 2.75) is 44.7 Å². The van der Waals surface area contributed by atoms with E-state index >= 15 is 0 Å². The molecule has 0 atom stereocenters. The molecular weight excluding hydrogens is 234 g/mol. The van der Waals surface area contributed by atoms with Crippen molar-refractivity contribution in [3.63, 3.8) is 0 Å². The molecule has 1 saturated carbocycles. The van der Waals surface area contributed by atoms with Crippen molar-refractivity contribution in [2.24, 2.45) is 0 Å². The standard InChI is InChI=1S/C14H20F2N2/c1-18(12-5-3-2-4-6-12)9-10-7-11(15)8-13(16)14(10)17/h7-8,12H,2-6,9,17H2,1H3. The molecule has 1 aliphatic rings. The molecule has 0 heterocycles. The maximum atomic E-state index is 13.3. The molecule has 2 nitrogen and oxygen atoms in total. The third-order valence-electron chi connectivity index (χ3n) is 3.80. The number of halogens is 2. The van der Waals surface area contributed by atoms with E-state index in [-0.39, 0.29) is 5.69 Å². The molecule has 1 aliphatic carbocycles. The smallest absolute Gasteiger partial charge is 0.149 e. The lowest BCUT2D eigenvalue weighted by Gasteiger charge is -2.31. The zero-order valence-corrected chi connectivity index (χ0v) is 10.8. The molecule has 4 heteroatoms. The van der Waals surface area contributed by atoms with Gasteiger partial charge in [0.15, 0.2) is 0 Å². The zero-order chi connectivity index (χ0) is 13.1. The summed E-state index contributed by atoms with van der Waals surface area (Å²) < 4.78 is 26.5. The second-order valence-corrected chi connectivity index (χ2v) is 5.17. The van der Waals surface area contributed by atoms with Crippen molar-refractivity contribution < 1.29 is 8.78 Å². The Balaban J connectivity index is 2.08. The Morgan fingerprint density at radius 1 is 1.22 bits per heavy atom. The molecule has 0 aliphatic heterocycles. The Labute approximate surface area is 107 Å². The molecule has 0 unspecified atom stereocenters. The molecule has 100 valence electrons. The summed E-state index contributed by atoms with van der Waals surface area (Å²) in [4.78, 5) is 2.16. The Hall–Kier alpha value is -1.16. The fraction of sp³-hybridized carbons (Fsp3) is 0.571. The molecule has 18 heavy (non-hydrogen) atoms. The summed E-state index contributed by atoms with van der Waals surface area (Å²) in [6, 6.07) is 2.67. The van der Waals surface area contributed by atoms with Crippen LogP contribution >= 0.6 is 0 Å². The highest BCUT2D eigenvalue weighted by Crippen LogP contribution is 2.25. The van der Waals surface area contributed by atoms with Crippen LogP contribution in [-0.4, -0.2) is 18.0 Å². The molecule has 0 bridgehead atoms. The minimum Gasteiger partial charge on any atom is -0.396 e. The first kappa shape index (κ1) is 13.3. The number of benzene rings is 1. The fourth-order valence-electron chi connectivity index (χ4n) is 2.69. The first-order chi connectivity index (χ1) is 8.58. The first-order valence-electron chi connectivity index (χ1n) is 6.51. The van der Waals surface area contributed by atoms with Crippen LogP contribution in [0.15, 0.2) is 12.1 Å². The van der Waals surface area contributed by atoms with Gasteiger partial charge < -0.3 is 5.73 Å².